The van der Waals surface area contributed by atoms with Gasteiger partial charge < -0.3 is 10.6 Å². The zero-order chi connectivity index (χ0) is 15.2. The van der Waals surface area contributed by atoms with E-state index in [4.69, 9.17) is 0 Å². The summed E-state index contributed by atoms with van der Waals surface area (Å²) < 4.78 is 0.861. The summed E-state index contributed by atoms with van der Waals surface area (Å²) in [6, 6.07) is 13.5. The maximum atomic E-state index is 12.2. The molecule has 0 unspecified atom stereocenters. The van der Waals surface area contributed by atoms with Gasteiger partial charge in [0.25, 0.3) is 0 Å². The lowest BCUT2D eigenvalue weighted by atomic mass is 10.0. The van der Waals surface area contributed by atoms with Crippen LogP contribution in [0.2, 0.25) is 0 Å². The lowest BCUT2D eigenvalue weighted by Crippen LogP contribution is -2.21. The van der Waals surface area contributed by atoms with E-state index in [2.05, 4.69) is 40.4 Å². The number of aryl methyl sites for hydroxylation is 2. The molecule has 3 nitrogen and oxygen atoms in total. The summed E-state index contributed by atoms with van der Waals surface area (Å²) in [5.41, 5.74) is 3.97. The molecule has 0 aliphatic rings. The molecule has 110 valence electrons. The Kier molecular flexibility index (Phi) is 5.39. The monoisotopic (exact) mass is 346 g/mol. The fourth-order valence-corrected chi connectivity index (χ4v) is 2.62. The summed E-state index contributed by atoms with van der Waals surface area (Å²) in [5, 5.41) is 5.85. The Morgan fingerprint density at radius 1 is 0.952 bits per heavy atom. The Balaban J connectivity index is 2.18. The number of nitrogens with one attached hydrogen (secondary N) is 2. The number of amides is 2. The molecule has 0 aliphatic heterocycles. The Morgan fingerprint density at radius 3 is 2.14 bits per heavy atom. The highest BCUT2D eigenvalue weighted by Gasteiger charge is 2.10. The Hall–Kier alpha value is -1.81. The molecule has 0 saturated heterocycles. The third kappa shape index (κ3) is 3.85. The molecule has 2 aromatic carbocycles. The molecule has 0 spiro atoms. The molecule has 2 aromatic rings. The number of hydrogen-bond donors (Lipinski definition) is 2. The molecule has 4 heteroatoms. The molecular weight excluding hydrogens is 328 g/mol. The predicted octanol–water partition coefficient (Wildman–Crippen LogP) is 5.22. The summed E-state index contributed by atoms with van der Waals surface area (Å²) in [4.78, 5) is 12.2. The number of halogens is 1. The van der Waals surface area contributed by atoms with Crippen LogP contribution in [0.4, 0.5) is 16.2 Å². The van der Waals surface area contributed by atoms with E-state index in [1.54, 1.807) is 0 Å². The third-order valence-electron chi connectivity index (χ3n) is 3.36. The van der Waals surface area contributed by atoms with Gasteiger partial charge in [-0.3, -0.25) is 0 Å². The quantitative estimate of drug-likeness (QED) is 0.782. The minimum Gasteiger partial charge on any atom is -0.307 e. The second kappa shape index (κ2) is 7.27. The van der Waals surface area contributed by atoms with Gasteiger partial charge >= 0.3 is 6.03 Å². The molecule has 0 saturated carbocycles. The van der Waals surface area contributed by atoms with Crippen LogP contribution in [-0.2, 0) is 12.8 Å². The minimum absolute atomic E-state index is 0.225. The molecule has 0 atom stereocenters. The topological polar surface area (TPSA) is 41.1 Å². The molecule has 2 rings (SSSR count). The first-order valence-corrected chi connectivity index (χ1v) is 7.88. The number of urea groups is 1. The van der Waals surface area contributed by atoms with Gasteiger partial charge in [-0.15, -0.1) is 0 Å². The van der Waals surface area contributed by atoms with Gasteiger partial charge in [-0.1, -0.05) is 44.2 Å². The van der Waals surface area contributed by atoms with E-state index in [0.29, 0.717) is 0 Å². The highest BCUT2D eigenvalue weighted by atomic mass is 79.9. The zero-order valence-corrected chi connectivity index (χ0v) is 13.8. The first-order chi connectivity index (χ1) is 10.2. The van der Waals surface area contributed by atoms with E-state index in [1.807, 2.05) is 42.5 Å². The van der Waals surface area contributed by atoms with Crippen LogP contribution in [0.25, 0.3) is 0 Å². The largest absolute Gasteiger partial charge is 0.323 e. The smallest absolute Gasteiger partial charge is 0.307 e. The molecule has 2 N–H and O–H groups in total. The number of hydrogen-bond acceptors (Lipinski definition) is 1. The highest BCUT2D eigenvalue weighted by Crippen LogP contribution is 2.24. The average molecular weight is 347 g/mol. The first-order valence-electron chi connectivity index (χ1n) is 7.09. The van der Waals surface area contributed by atoms with Gasteiger partial charge in [0.15, 0.2) is 0 Å². The molecule has 0 heterocycles. The maximum Gasteiger partial charge on any atom is 0.323 e. The van der Waals surface area contributed by atoms with Crippen molar-refractivity contribution in [3.8, 4) is 0 Å². The molecule has 0 aliphatic carbocycles. The molecule has 0 fully saturated rings. The van der Waals surface area contributed by atoms with Crippen molar-refractivity contribution in [3.63, 3.8) is 0 Å². The van der Waals surface area contributed by atoms with Crippen LogP contribution in [0, 0.1) is 0 Å². The van der Waals surface area contributed by atoms with E-state index >= 15 is 0 Å². The van der Waals surface area contributed by atoms with Crippen molar-refractivity contribution < 1.29 is 4.79 Å². The van der Waals surface area contributed by atoms with Crippen molar-refractivity contribution in [2.75, 3.05) is 10.6 Å². The van der Waals surface area contributed by atoms with Crippen LogP contribution >= 0.6 is 15.9 Å². The van der Waals surface area contributed by atoms with E-state index in [9.17, 15) is 4.79 Å². The molecule has 2 amide bonds. The second-order valence-corrected chi connectivity index (χ2v) is 5.57. The fourth-order valence-electron chi connectivity index (χ4n) is 2.23. The SMILES string of the molecule is CCc1cccc(CC)c1NC(=O)Nc1ccccc1Br. The Labute approximate surface area is 133 Å². The summed E-state index contributed by atoms with van der Waals surface area (Å²) in [7, 11) is 0. The van der Waals surface area contributed by atoms with Crippen LogP contribution in [0.1, 0.15) is 25.0 Å². The van der Waals surface area contributed by atoms with Gasteiger partial charge in [0.2, 0.25) is 0 Å². The number of benzene rings is 2. The summed E-state index contributed by atoms with van der Waals surface area (Å²) in [5.74, 6) is 0. The molecule has 0 bridgehead atoms. The van der Waals surface area contributed by atoms with E-state index in [1.165, 1.54) is 0 Å². The number of carbonyl (C=O) groups excluding carboxylic acids is 1. The number of anilines is 2. The van der Waals surface area contributed by atoms with Crippen molar-refractivity contribution in [1.82, 2.24) is 0 Å². The Morgan fingerprint density at radius 2 is 1.57 bits per heavy atom. The van der Waals surface area contributed by atoms with Gasteiger partial charge in [-0.25, -0.2) is 4.79 Å². The van der Waals surface area contributed by atoms with Gasteiger partial charge in [-0.05, 0) is 52.0 Å². The van der Waals surface area contributed by atoms with E-state index in [0.717, 1.165) is 39.8 Å². The number of para-hydroxylation sites is 2. The molecule has 0 radical (unpaired) electrons. The molecule has 0 aromatic heterocycles. The van der Waals surface area contributed by atoms with Gasteiger partial charge in [0.05, 0.1) is 5.69 Å². The molecule has 21 heavy (non-hydrogen) atoms. The summed E-state index contributed by atoms with van der Waals surface area (Å²) >= 11 is 3.42. The molecular formula is C17H19BrN2O. The average Bonchev–Trinajstić information content (AvgIpc) is 2.49. The lowest BCUT2D eigenvalue weighted by Gasteiger charge is -2.15. The van der Waals surface area contributed by atoms with E-state index in [-0.39, 0.29) is 6.03 Å². The van der Waals surface area contributed by atoms with E-state index < -0.39 is 0 Å². The zero-order valence-electron chi connectivity index (χ0n) is 12.2. The summed E-state index contributed by atoms with van der Waals surface area (Å²) in [6.45, 7) is 4.18. The Bertz CT molecular complexity index is 618. The van der Waals surface area contributed by atoms with Crippen LogP contribution < -0.4 is 10.6 Å². The maximum absolute atomic E-state index is 12.2. The number of carbonyl (C=O) groups is 1. The van der Waals surface area contributed by atoms with Crippen molar-refractivity contribution >= 4 is 33.3 Å². The van der Waals surface area contributed by atoms with Crippen LogP contribution in [0.5, 0.6) is 0 Å². The minimum atomic E-state index is -0.225. The van der Waals surface area contributed by atoms with Crippen molar-refractivity contribution in [1.29, 1.82) is 0 Å². The van der Waals surface area contributed by atoms with Crippen molar-refractivity contribution in [3.05, 3.63) is 58.1 Å². The van der Waals surface area contributed by atoms with Crippen LogP contribution in [0.3, 0.4) is 0 Å². The van der Waals surface area contributed by atoms with Crippen molar-refractivity contribution in [2.24, 2.45) is 0 Å². The van der Waals surface area contributed by atoms with Gasteiger partial charge in [-0.2, -0.15) is 0 Å². The standard InChI is InChI=1S/C17H19BrN2O/c1-3-12-8-7-9-13(4-2)16(12)20-17(21)19-15-11-6-5-10-14(15)18/h5-11H,3-4H2,1-2H3,(H2,19,20,21). The van der Waals surface area contributed by atoms with Gasteiger partial charge in [0, 0.05) is 10.2 Å². The van der Waals surface area contributed by atoms with Crippen LogP contribution in [0.15, 0.2) is 46.9 Å². The number of rotatable bonds is 4. The fraction of sp³-hybridized carbons (Fsp3) is 0.235. The van der Waals surface area contributed by atoms with Crippen LogP contribution in [-0.4, -0.2) is 6.03 Å². The lowest BCUT2D eigenvalue weighted by molar-refractivity contribution is 0.262. The third-order valence-corrected chi connectivity index (χ3v) is 4.05. The summed E-state index contributed by atoms with van der Waals surface area (Å²) in [6.07, 6.45) is 1.77. The predicted molar refractivity (Wildman–Crippen MR) is 92.0 cm³/mol. The normalized spacial score (nSPS) is 10.2. The highest BCUT2D eigenvalue weighted by molar-refractivity contribution is 9.10. The van der Waals surface area contributed by atoms with Crippen molar-refractivity contribution in [2.45, 2.75) is 26.7 Å². The second-order valence-electron chi connectivity index (χ2n) is 4.72. The van der Waals surface area contributed by atoms with Gasteiger partial charge in [0.1, 0.15) is 0 Å². The first kappa shape index (κ1) is 15.6.